The third kappa shape index (κ3) is 2.52. The number of hydrogen-bond donors (Lipinski definition) is 0. The zero-order chi connectivity index (χ0) is 13.1. The van der Waals surface area contributed by atoms with Gasteiger partial charge >= 0.3 is 0 Å². The highest BCUT2D eigenvalue weighted by Gasteiger charge is 2.24. The third-order valence-corrected chi connectivity index (χ3v) is 3.68. The molecule has 0 atom stereocenters. The lowest BCUT2D eigenvalue weighted by Crippen LogP contribution is -2.39. The first-order valence-electron chi connectivity index (χ1n) is 6.67. The molecule has 0 aromatic carbocycles. The molecule has 1 aliphatic rings. The maximum Gasteiger partial charge on any atom is 0.272 e. The molecule has 0 aliphatic carbocycles. The fourth-order valence-electron chi connectivity index (χ4n) is 2.61. The maximum atomic E-state index is 12.2. The molecule has 3 rings (SSSR count). The highest BCUT2D eigenvalue weighted by atomic mass is 16.2. The van der Waals surface area contributed by atoms with Crippen LogP contribution in [0.1, 0.15) is 29.4 Å². The zero-order valence-electron chi connectivity index (χ0n) is 10.8. The fraction of sp³-hybridized carbons (Fsp3) is 0.333. The van der Waals surface area contributed by atoms with Crippen molar-refractivity contribution in [2.75, 3.05) is 13.1 Å². The lowest BCUT2D eigenvalue weighted by Gasteiger charge is -2.32. The van der Waals surface area contributed by atoms with E-state index in [9.17, 15) is 4.79 Å². The van der Waals surface area contributed by atoms with Gasteiger partial charge in [0.2, 0.25) is 0 Å². The molecule has 0 unspecified atom stereocenters. The largest absolute Gasteiger partial charge is 0.351 e. The fourth-order valence-corrected chi connectivity index (χ4v) is 2.61. The minimum Gasteiger partial charge on any atom is -0.351 e. The van der Waals surface area contributed by atoms with Gasteiger partial charge in [0, 0.05) is 37.7 Å². The van der Waals surface area contributed by atoms with E-state index in [2.05, 4.69) is 21.9 Å². The molecule has 98 valence electrons. The molecule has 2 aromatic rings. The monoisotopic (exact) mass is 255 g/mol. The van der Waals surface area contributed by atoms with Crippen molar-refractivity contribution in [3.8, 4) is 0 Å². The first-order valence-corrected chi connectivity index (χ1v) is 6.67. The summed E-state index contributed by atoms with van der Waals surface area (Å²) in [5, 5.41) is 0. The van der Waals surface area contributed by atoms with Gasteiger partial charge in [-0.1, -0.05) is 6.07 Å². The second-order valence-corrected chi connectivity index (χ2v) is 4.87. The van der Waals surface area contributed by atoms with E-state index in [1.165, 1.54) is 0 Å². The van der Waals surface area contributed by atoms with E-state index >= 15 is 0 Å². The molecule has 19 heavy (non-hydrogen) atoms. The number of carbonyl (C=O) groups is 1. The Hall–Kier alpha value is -2.10. The summed E-state index contributed by atoms with van der Waals surface area (Å²) < 4.78 is 2.24. The Labute approximate surface area is 112 Å². The Morgan fingerprint density at radius 2 is 1.84 bits per heavy atom. The molecule has 0 radical (unpaired) electrons. The van der Waals surface area contributed by atoms with Gasteiger partial charge in [-0.3, -0.25) is 9.78 Å². The summed E-state index contributed by atoms with van der Waals surface area (Å²) in [6.07, 6.45) is 7.88. The summed E-state index contributed by atoms with van der Waals surface area (Å²) in [6, 6.07) is 10.1. The predicted molar refractivity (Wildman–Crippen MR) is 72.8 cm³/mol. The van der Waals surface area contributed by atoms with Crippen molar-refractivity contribution in [3.63, 3.8) is 0 Å². The molecule has 1 fully saturated rings. The van der Waals surface area contributed by atoms with Crippen LogP contribution < -0.4 is 0 Å². The second kappa shape index (κ2) is 5.26. The average molecular weight is 255 g/mol. The van der Waals surface area contributed by atoms with Crippen LogP contribution in [-0.2, 0) is 0 Å². The van der Waals surface area contributed by atoms with Crippen LogP contribution in [0.2, 0.25) is 0 Å². The summed E-state index contributed by atoms with van der Waals surface area (Å²) in [7, 11) is 0. The van der Waals surface area contributed by atoms with Crippen molar-refractivity contribution in [2.45, 2.75) is 18.9 Å². The summed E-state index contributed by atoms with van der Waals surface area (Å²) in [4.78, 5) is 18.3. The molecule has 4 nitrogen and oxygen atoms in total. The van der Waals surface area contributed by atoms with Gasteiger partial charge in [0.15, 0.2) is 0 Å². The van der Waals surface area contributed by atoms with Crippen LogP contribution >= 0.6 is 0 Å². The summed E-state index contributed by atoms with van der Waals surface area (Å²) in [6.45, 7) is 1.61. The Bertz CT molecular complexity index is 528. The topological polar surface area (TPSA) is 38.1 Å². The minimum absolute atomic E-state index is 0.0477. The number of carbonyl (C=O) groups excluding carboxylic acids is 1. The van der Waals surface area contributed by atoms with Crippen LogP contribution in [0.3, 0.4) is 0 Å². The standard InChI is InChI=1S/C15H17N3O/c19-15(14-5-1-2-8-16-14)18-11-6-13(7-12-18)17-9-3-4-10-17/h1-5,8-10,13H,6-7,11-12H2. The number of aromatic nitrogens is 2. The summed E-state index contributed by atoms with van der Waals surface area (Å²) in [5.74, 6) is 0.0477. The molecule has 0 saturated carbocycles. The quantitative estimate of drug-likeness (QED) is 0.826. The van der Waals surface area contributed by atoms with Crippen molar-refractivity contribution >= 4 is 5.91 Å². The van der Waals surface area contributed by atoms with E-state index in [-0.39, 0.29) is 5.91 Å². The Kier molecular flexibility index (Phi) is 3.31. The van der Waals surface area contributed by atoms with Gasteiger partial charge in [-0.25, -0.2) is 0 Å². The number of amides is 1. The number of pyridine rings is 1. The van der Waals surface area contributed by atoms with Gasteiger partial charge < -0.3 is 9.47 Å². The lowest BCUT2D eigenvalue weighted by molar-refractivity contribution is 0.0689. The summed E-state index contributed by atoms with van der Waals surface area (Å²) in [5.41, 5.74) is 0.543. The molecule has 1 amide bonds. The van der Waals surface area contributed by atoms with E-state index in [0.29, 0.717) is 11.7 Å². The lowest BCUT2D eigenvalue weighted by atomic mass is 10.0. The highest BCUT2D eigenvalue weighted by Crippen LogP contribution is 2.23. The molecule has 1 saturated heterocycles. The van der Waals surface area contributed by atoms with Crippen molar-refractivity contribution in [1.29, 1.82) is 0 Å². The van der Waals surface area contributed by atoms with E-state index in [0.717, 1.165) is 25.9 Å². The van der Waals surface area contributed by atoms with Crippen molar-refractivity contribution < 1.29 is 4.79 Å². The SMILES string of the molecule is O=C(c1ccccn1)N1CCC(n2cccc2)CC1. The van der Waals surface area contributed by atoms with E-state index in [1.807, 2.05) is 29.2 Å². The second-order valence-electron chi connectivity index (χ2n) is 4.87. The average Bonchev–Trinajstić information content (AvgIpc) is 3.02. The van der Waals surface area contributed by atoms with Gasteiger partial charge in [-0.2, -0.15) is 0 Å². The van der Waals surface area contributed by atoms with Crippen molar-refractivity contribution in [1.82, 2.24) is 14.5 Å². The van der Waals surface area contributed by atoms with Gasteiger partial charge in [-0.15, -0.1) is 0 Å². The van der Waals surface area contributed by atoms with E-state index in [4.69, 9.17) is 0 Å². The number of hydrogen-bond acceptors (Lipinski definition) is 2. The van der Waals surface area contributed by atoms with Gasteiger partial charge in [0.05, 0.1) is 0 Å². The van der Waals surface area contributed by atoms with E-state index in [1.54, 1.807) is 12.3 Å². The van der Waals surface area contributed by atoms with Crippen molar-refractivity contribution in [2.24, 2.45) is 0 Å². The first kappa shape index (κ1) is 12.0. The van der Waals surface area contributed by atoms with Crippen LogP contribution in [0.15, 0.2) is 48.9 Å². The number of rotatable bonds is 2. The molecule has 0 spiro atoms. The third-order valence-electron chi connectivity index (χ3n) is 3.68. The molecule has 0 bridgehead atoms. The van der Waals surface area contributed by atoms with Gasteiger partial charge in [-0.05, 0) is 37.1 Å². The number of likely N-dealkylation sites (tertiary alicyclic amines) is 1. The molecule has 4 heteroatoms. The molecule has 1 aliphatic heterocycles. The molecule has 0 N–H and O–H groups in total. The molecule has 2 aromatic heterocycles. The van der Waals surface area contributed by atoms with E-state index < -0.39 is 0 Å². The van der Waals surface area contributed by atoms with Gasteiger partial charge in [0.1, 0.15) is 5.69 Å². The summed E-state index contributed by atoms with van der Waals surface area (Å²) >= 11 is 0. The number of nitrogens with zero attached hydrogens (tertiary/aromatic N) is 3. The predicted octanol–water partition coefficient (Wildman–Crippen LogP) is 2.36. The van der Waals surface area contributed by atoms with Crippen molar-refractivity contribution in [3.05, 3.63) is 54.6 Å². The molecular weight excluding hydrogens is 238 g/mol. The number of piperidine rings is 1. The Morgan fingerprint density at radius 3 is 2.47 bits per heavy atom. The Balaban J connectivity index is 1.63. The van der Waals surface area contributed by atoms with Crippen LogP contribution in [0.4, 0.5) is 0 Å². The highest BCUT2D eigenvalue weighted by molar-refractivity contribution is 5.92. The normalized spacial score (nSPS) is 16.5. The van der Waals surface area contributed by atoms with Gasteiger partial charge in [0.25, 0.3) is 5.91 Å². The minimum atomic E-state index is 0.0477. The van der Waals surface area contributed by atoms with Crippen LogP contribution in [-0.4, -0.2) is 33.4 Å². The van der Waals surface area contributed by atoms with Crippen LogP contribution in [0, 0.1) is 0 Å². The maximum absolute atomic E-state index is 12.2. The molecular formula is C15H17N3O. The Morgan fingerprint density at radius 1 is 1.11 bits per heavy atom. The molecule has 3 heterocycles. The smallest absolute Gasteiger partial charge is 0.272 e. The van der Waals surface area contributed by atoms with Crippen LogP contribution in [0.25, 0.3) is 0 Å². The zero-order valence-corrected chi connectivity index (χ0v) is 10.8. The van der Waals surface area contributed by atoms with Crippen LogP contribution in [0.5, 0.6) is 0 Å². The first-order chi connectivity index (χ1) is 9.34.